The maximum atomic E-state index is 11.6. The molecule has 0 aromatic carbocycles. The Hall–Kier alpha value is -1.50. The van der Waals surface area contributed by atoms with Crippen LogP contribution in [0.25, 0.3) is 0 Å². The number of guanidine groups is 1. The Morgan fingerprint density at radius 3 is 2.44 bits per heavy atom. The van der Waals surface area contributed by atoms with Gasteiger partial charge in [0.15, 0.2) is 5.96 Å². The number of carbonyl (C=O) groups excluding carboxylic acids is 1. The van der Waals surface area contributed by atoms with Crippen LogP contribution >= 0.6 is 0 Å². The zero-order valence-corrected chi connectivity index (χ0v) is 17.6. The first-order valence-electron chi connectivity index (χ1n) is 10.6. The number of aliphatic imine (C=N–C) groups is 1. The second-order valence-electron chi connectivity index (χ2n) is 8.64. The minimum absolute atomic E-state index is 0.368. The molecule has 1 amide bonds. The van der Waals surface area contributed by atoms with E-state index in [2.05, 4.69) is 32.8 Å². The molecule has 0 aromatic rings. The van der Waals surface area contributed by atoms with Crippen molar-refractivity contribution >= 4 is 12.1 Å². The van der Waals surface area contributed by atoms with Crippen LogP contribution in [-0.4, -0.2) is 67.9 Å². The number of nitrogens with one attached hydrogen (secondary N) is 3. The lowest BCUT2D eigenvalue weighted by Crippen LogP contribution is -2.42. The van der Waals surface area contributed by atoms with E-state index < -0.39 is 5.60 Å². The highest BCUT2D eigenvalue weighted by Gasteiger charge is 2.33. The van der Waals surface area contributed by atoms with Crippen molar-refractivity contribution in [3.63, 3.8) is 0 Å². The van der Waals surface area contributed by atoms with Gasteiger partial charge >= 0.3 is 6.09 Å². The fourth-order valence-electron chi connectivity index (χ4n) is 2.93. The zero-order valence-electron chi connectivity index (χ0n) is 17.6. The Bertz CT molecular complexity index is 481. The molecule has 2 fully saturated rings. The minimum Gasteiger partial charge on any atom is -0.444 e. The van der Waals surface area contributed by atoms with Crippen LogP contribution in [0.5, 0.6) is 0 Å². The summed E-state index contributed by atoms with van der Waals surface area (Å²) in [5.41, 5.74) is -0.460. The Labute approximate surface area is 164 Å². The molecule has 2 aliphatic carbocycles. The quantitative estimate of drug-likeness (QED) is 0.291. The minimum atomic E-state index is -0.460. The van der Waals surface area contributed by atoms with Crippen molar-refractivity contribution in [2.75, 3.05) is 39.3 Å². The lowest BCUT2D eigenvalue weighted by Gasteiger charge is -2.22. The Kier molecular flexibility index (Phi) is 8.67. The number of amides is 1. The number of carbonyl (C=O) groups is 1. The van der Waals surface area contributed by atoms with Gasteiger partial charge in [-0.15, -0.1) is 0 Å². The molecule has 0 unspecified atom stereocenters. The normalized spacial score (nSPS) is 17.7. The van der Waals surface area contributed by atoms with E-state index in [9.17, 15) is 4.79 Å². The molecule has 7 nitrogen and oxygen atoms in total. The molecule has 2 aliphatic rings. The second kappa shape index (κ2) is 10.7. The average molecular weight is 382 g/mol. The molecule has 0 saturated heterocycles. The van der Waals surface area contributed by atoms with Gasteiger partial charge in [-0.25, -0.2) is 4.79 Å². The molecule has 7 heteroatoms. The molecule has 2 rings (SSSR count). The molecule has 2 saturated carbocycles. The Balaban J connectivity index is 1.60. The van der Waals surface area contributed by atoms with E-state index in [1.54, 1.807) is 0 Å². The maximum Gasteiger partial charge on any atom is 0.407 e. The van der Waals surface area contributed by atoms with Crippen LogP contribution in [0.4, 0.5) is 4.79 Å². The molecule has 0 spiro atoms. The van der Waals surface area contributed by atoms with E-state index in [4.69, 9.17) is 4.74 Å². The summed E-state index contributed by atoms with van der Waals surface area (Å²) in [6.45, 7) is 13.0. The molecule has 0 atom stereocenters. The standard InChI is InChI=1S/C20H39N5O2/c1-5-21-18(22-11-6-12-24-19(26)27-20(2,3)4)23-13-14-25(17-9-10-17)15-16-7-8-16/h16-17H,5-15H2,1-4H3,(H,24,26)(H2,21,22,23). The van der Waals surface area contributed by atoms with Crippen molar-refractivity contribution < 1.29 is 9.53 Å². The molecule has 0 aliphatic heterocycles. The first-order chi connectivity index (χ1) is 12.9. The van der Waals surface area contributed by atoms with Crippen molar-refractivity contribution in [2.24, 2.45) is 10.9 Å². The largest absolute Gasteiger partial charge is 0.444 e. The van der Waals surface area contributed by atoms with Gasteiger partial charge in [-0.2, -0.15) is 0 Å². The third kappa shape index (κ3) is 10.4. The summed E-state index contributed by atoms with van der Waals surface area (Å²) in [5.74, 6) is 1.81. The third-order valence-electron chi connectivity index (χ3n) is 4.56. The Morgan fingerprint density at radius 2 is 1.85 bits per heavy atom. The number of alkyl carbamates (subject to hydrolysis) is 1. The van der Waals surface area contributed by atoms with Gasteiger partial charge in [0.05, 0.1) is 0 Å². The maximum absolute atomic E-state index is 11.6. The number of rotatable bonds is 11. The smallest absolute Gasteiger partial charge is 0.407 e. The van der Waals surface area contributed by atoms with E-state index in [0.717, 1.165) is 44.0 Å². The highest BCUT2D eigenvalue weighted by molar-refractivity contribution is 5.79. The van der Waals surface area contributed by atoms with Gasteiger partial charge in [-0.1, -0.05) is 0 Å². The van der Waals surface area contributed by atoms with Crippen molar-refractivity contribution in [1.82, 2.24) is 20.9 Å². The van der Waals surface area contributed by atoms with Crippen molar-refractivity contribution in [1.29, 1.82) is 0 Å². The number of ether oxygens (including phenoxy) is 1. The van der Waals surface area contributed by atoms with Gasteiger partial charge in [-0.3, -0.25) is 9.89 Å². The predicted octanol–water partition coefficient (Wildman–Crippen LogP) is 2.33. The van der Waals surface area contributed by atoms with Gasteiger partial charge in [0.25, 0.3) is 0 Å². The fourth-order valence-corrected chi connectivity index (χ4v) is 2.93. The summed E-state index contributed by atoms with van der Waals surface area (Å²) in [7, 11) is 0. The van der Waals surface area contributed by atoms with Gasteiger partial charge in [-0.05, 0) is 65.7 Å². The summed E-state index contributed by atoms with van der Waals surface area (Å²) in [5, 5.41) is 9.51. The summed E-state index contributed by atoms with van der Waals surface area (Å²) < 4.78 is 5.22. The van der Waals surface area contributed by atoms with Crippen molar-refractivity contribution in [3.8, 4) is 0 Å². The van der Waals surface area contributed by atoms with Crippen LogP contribution in [0.15, 0.2) is 4.99 Å². The van der Waals surface area contributed by atoms with Crippen LogP contribution in [0.2, 0.25) is 0 Å². The first kappa shape index (κ1) is 21.8. The van der Waals surface area contributed by atoms with E-state index in [0.29, 0.717) is 13.1 Å². The van der Waals surface area contributed by atoms with Crippen LogP contribution in [-0.2, 0) is 4.74 Å². The number of nitrogens with zero attached hydrogens (tertiary/aromatic N) is 2. The number of hydrogen-bond acceptors (Lipinski definition) is 4. The molecule has 3 N–H and O–H groups in total. The topological polar surface area (TPSA) is 78.0 Å². The molecule has 0 aromatic heterocycles. The van der Waals surface area contributed by atoms with Gasteiger partial charge < -0.3 is 20.7 Å². The summed E-state index contributed by atoms with van der Waals surface area (Å²) >= 11 is 0. The molecule has 0 radical (unpaired) electrons. The van der Waals surface area contributed by atoms with Crippen LogP contribution in [0.3, 0.4) is 0 Å². The lowest BCUT2D eigenvalue weighted by atomic mass is 10.2. The zero-order chi connectivity index (χ0) is 19.7. The van der Waals surface area contributed by atoms with E-state index in [-0.39, 0.29) is 6.09 Å². The average Bonchev–Trinajstić information content (AvgIpc) is 3.44. The van der Waals surface area contributed by atoms with Crippen LogP contribution < -0.4 is 16.0 Å². The van der Waals surface area contributed by atoms with Crippen molar-refractivity contribution in [3.05, 3.63) is 0 Å². The molecular weight excluding hydrogens is 342 g/mol. The van der Waals surface area contributed by atoms with Gasteiger partial charge in [0, 0.05) is 45.3 Å². The molecular formula is C20H39N5O2. The van der Waals surface area contributed by atoms with E-state index in [1.165, 1.54) is 32.2 Å². The van der Waals surface area contributed by atoms with E-state index in [1.807, 2.05) is 20.8 Å². The van der Waals surface area contributed by atoms with Crippen molar-refractivity contribution in [2.45, 2.75) is 71.4 Å². The summed E-state index contributed by atoms with van der Waals surface area (Å²) in [6, 6.07) is 0.825. The molecule has 156 valence electrons. The Morgan fingerprint density at radius 1 is 1.11 bits per heavy atom. The lowest BCUT2D eigenvalue weighted by molar-refractivity contribution is 0.0527. The highest BCUT2D eigenvalue weighted by atomic mass is 16.6. The highest BCUT2D eigenvalue weighted by Crippen LogP contribution is 2.34. The predicted molar refractivity (Wildman–Crippen MR) is 110 cm³/mol. The second-order valence-corrected chi connectivity index (χ2v) is 8.64. The molecule has 27 heavy (non-hydrogen) atoms. The van der Waals surface area contributed by atoms with Gasteiger partial charge in [0.2, 0.25) is 0 Å². The molecule has 0 bridgehead atoms. The third-order valence-corrected chi connectivity index (χ3v) is 4.56. The first-order valence-corrected chi connectivity index (χ1v) is 10.6. The summed E-state index contributed by atoms with van der Waals surface area (Å²) in [6.07, 6.45) is 5.98. The van der Waals surface area contributed by atoms with Gasteiger partial charge in [0.1, 0.15) is 5.60 Å². The van der Waals surface area contributed by atoms with E-state index >= 15 is 0 Å². The van der Waals surface area contributed by atoms with Crippen LogP contribution in [0.1, 0.15) is 59.8 Å². The fraction of sp³-hybridized carbons (Fsp3) is 0.900. The monoisotopic (exact) mass is 381 g/mol. The SMILES string of the molecule is CCNC(=NCCCNC(=O)OC(C)(C)C)NCCN(CC1CC1)C1CC1. The van der Waals surface area contributed by atoms with Crippen LogP contribution in [0, 0.1) is 5.92 Å². The summed E-state index contributed by atoms with van der Waals surface area (Å²) in [4.78, 5) is 18.9. The molecule has 0 heterocycles. The number of hydrogen-bond donors (Lipinski definition) is 3.